The molecule has 0 saturated carbocycles. The molecule has 1 aliphatic heterocycles. The predicted molar refractivity (Wildman–Crippen MR) is 102 cm³/mol. The zero-order valence-corrected chi connectivity index (χ0v) is 17.0. The van der Waals surface area contributed by atoms with Crippen molar-refractivity contribution in [2.75, 3.05) is 33.4 Å². The second-order valence-electron chi connectivity index (χ2n) is 6.86. The average Bonchev–Trinajstić information content (AvgIpc) is 2.97. The minimum Gasteiger partial charge on any atom is -0.337 e. The number of nitrogens with zero attached hydrogens (tertiary/aromatic N) is 2. The molecule has 25 heavy (non-hydrogen) atoms. The number of carbonyl (C=O) groups excluding carboxylic acids is 1. The lowest BCUT2D eigenvalue weighted by atomic mass is 9.92. The molecule has 1 heterocycles. The molecule has 1 fully saturated rings. The van der Waals surface area contributed by atoms with E-state index in [1.807, 2.05) is 30.5 Å². The van der Waals surface area contributed by atoms with Crippen LogP contribution >= 0.6 is 11.8 Å². The summed E-state index contributed by atoms with van der Waals surface area (Å²) in [5.74, 6) is 0.306. The van der Waals surface area contributed by atoms with Crippen molar-refractivity contribution in [2.45, 2.75) is 24.8 Å². The fourth-order valence-electron chi connectivity index (χ4n) is 3.01. The highest BCUT2D eigenvalue weighted by Crippen LogP contribution is 2.27. The van der Waals surface area contributed by atoms with Gasteiger partial charge in [0.2, 0.25) is 0 Å². The molecule has 0 radical (unpaired) electrons. The van der Waals surface area contributed by atoms with E-state index in [1.165, 1.54) is 14.1 Å². The first-order valence-electron chi connectivity index (χ1n) is 8.28. The molecular formula is C17H27N3O3S2. The SMILES string of the molecule is CSc1ccc(C(=O)N2C[C@@H](NS(=O)(=O)N(C)C)[C@H](C(C)C)C2)cc1. The third-order valence-electron chi connectivity index (χ3n) is 4.63. The number of likely N-dealkylation sites (tertiary alicyclic amines) is 1. The average molecular weight is 386 g/mol. The zero-order valence-electron chi connectivity index (χ0n) is 15.4. The van der Waals surface area contributed by atoms with Gasteiger partial charge in [0.1, 0.15) is 0 Å². The molecule has 1 amide bonds. The van der Waals surface area contributed by atoms with Crippen molar-refractivity contribution in [3.8, 4) is 0 Å². The van der Waals surface area contributed by atoms with Crippen LogP contribution in [-0.4, -0.2) is 63.0 Å². The maximum absolute atomic E-state index is 12.8. The number of thioether (sulfide) groups is 1. The molecule has 140 valence electrons. The normalized spacial score (nSPS) is 21.3. The van der Waals surface area contributed by atoms with Crippen LogP contribution in [0.4, 0.5) is 0 Å². The molecule has 1 N–H and O–H groups in total. The van der Waals surface area contributed by atoms with Crippen LogP contribution in [0.15, 0.2) is 29.2 Å². The molecule has 0 spiro atoms. The van der Waals surface area contributed by atoms with Gasteiger partial charge in [0.05, 0.1) is 0 Å². The molecule has 2 rings (SSSR count). The summed E-state index contributed by atoms with van der Waals surface area (Å²) in [6.07, 6.45) is 1.99. The van der Waals surface area contributed by atoms with E-state index in [-0.39, 0.29) is 23.8 Å². The van der Waals surface area contributed by atoms with Crippen LogP contribution < -0.4 is 4.72 Å². The van der Waals surface area contributed by atoms with Crippen LogP contribution in [0.25, 0.3) is 0 Å². The largest absolute Gasteiger partial charge is 0.337 e. The van der Waals surface area contributed by atoms with Crippen LogP contribution in [0.1, 0.15) is 24.2 Å². The summed E-state index contributed by atoms with van der Waals surface area (Å²) < 4.78 is 28.3. The monoisotopic (exact) mass is 385 g/mol. The van der Waals surface area contributed by atoms with E-state index in [0.717, 1.165) is 9.20 Å². The van der Waals surface area contributed by atoms with Crippen molar-refractivity contribution >= 4 is 27.9 Å². The topological polar surface area (TPSA) is 69.7 Å². The van der Waals surface area contributed by atoms with E-state index in [2.05, 4.69) is 18.6 Å². The van der Waals surface area contributed by atoms with Crippen molar-refractivity contribution < 1.29 is 13.2 Å². The van der Waals surface area contributed by atoms with Gasteiger partial charge in [0.15, 0.2) is 0 Å². The van der Waals surface area contributed by atoms with E-state index in [1.54, 1.807) is 16.7 Å². The maximum Gasteiger partial charge on any atom is 0.279 e. The standard InChI is InChI=1S/C17H27N3O3S2/c1-12(2)15-10-20(11-16(15)18-25(22,23)19(3)4)17(21)13-6-8-14(24-5)9-7-13/h6-9,12,15-16,18H,10-11H2,1-5H3/t15-,16+/m0/s1. The Kier molecular flexibility index (Phi) is 6.53. The fourth-order valence-corrected chi connectivity index (χ4v) is 4.26. The Morgan fingerprint density at radius 3 is 2.32 bits per heavy atom. The summed E-state index contributed by atoms with van der Waals surface area (Å²) in [5, 5.41) is 0. The van der Waals surface area contributed by atoms with Crippen molar-refractivity contribution in [1.29, 1.82) is 0 Å². The Morgan fingerprint density at radius 2 is 1.84 bits per heavy atom. The molecular weight excluding hydrogens is 358 g/mol. The molecule has 1 aromatic carbocycles. The number of amides is 1. The van der Waals surface area contributed by atoms with Gasteiger partial charge in [-0.25, -0.2) is 0 Å². The molecule has 1 aromatic rings. The minimum absolute atomic E-state index is 0.0511. The number of benzene rings is 1. The van der Waals surface area contributed by atoms with E-state index < -0.39 is 10.2 Å². The molecule has 0 bridgehead atoms. The Bertz CT molecular complexity index is 702. The number of hydrogen-bond donors (Lipinski definition) is 1. The maximum atomic E-state index is 12.8. The highest BCUT2D eigenvalue weighted by Gasteiger charge is 2.39. The Labute approximate surface area is 155 Å². The third-order valence-corrected chi connectivity index (χ3v) is 6.93. The summed E-state index contributed by atoms with van der Waals surface area (Å²) in [7, 11) is -0.532. The fraction of sp³-hybridized carbons (Fsp3) is 0.588. The second kappa shape index (κ2) is 8.07. The number of rotatable bonds is 6. The smallest absolute Gasteiger partial charge is 0.279 e. The molecule has 2 atom stereocenters. The van der Waals surface area contributed by atoms with Crippen LogP contribution in [0, 0.1) is 11.8 Å². The van der Waals surface area contributed by atoms with Gasteiger partial charge >= 0.3 is 0 Å². The van der Waals surface area contributed by atoms with E-state index in [9.17, 15) is 13.2 Å². The molecule has 0 unspecified atom stereocenters. The Morgan fingerprint density at radius 1 is 1.24 bits per heavy atom. The van der Waals surface area contributed by atoms with Gasteiger partial charge in [-0.3, -0.25) is 4.79 Å². The van der Waals surface area contributed by atoms with E-state index in [4.69, 9.17) is 0 Å². The van der Waals surface area contributed by atoms with Gasteiger partial charge in [-0.1, -0.05) is 13.8 Å². The highest BCUT2D eigenvalue weighted by atomic mass is 32.2. The summed E-state index contributed by atoms with van der Waals surface area (Å²) in [6.45, 7) is 5.06. The Hall–Kier alpha value is -1.09. The third kappa shape index (κ3) is 4.75. The van der Waals surface area contributed by atoms with E-state index in [0.29, 0.717) is 18.7 Å². The molecule has 1 aliphatic rings. The van der Waals surface area contributed by atoms with Gasteiger partial charge in [0, 0.05) is 43.7 Å². The quantitative estimate of drug-likeness (QED) is 0.760. The molecule has 1 saturated heterocycles. The van der Waals surface area contributed by atoms with Gasteiger partial charge in [-0.15, -0.1) is 11.8 Å². The van der Waals surface area contributed by atoms with Crippen molar-refractivity contribution in [1.82, 2.24) is 13.9 Å². The predicted octanol–water partition coefficient (Wildman–Crippen LogP) is 1.90. The molecule has 6 nitrogen and oxygen atoms in total. The highest BCUT2D eigenvalue weighted by molar-refractivity contribution is 7.98. The van der Waals surface area contributed by atoms with Crippen molar-refractivity contribution in [3.63, 3.8) is 0 Å². The molecule has 0 aliphatic carbocycles. The summed E-state index contributed by atoms with van der Waals surface area (Å²) >= 11 is 1.63. The minimum atomic E-state index is -3.53. The molecule has 0 aromatic heterocycles. The second-order valence-corrected chi connectivity index (χ2v) is 9.65. The van der Waals surface area contributed by atoms with Crippen LogP contribution in [0.3, 0.4) is 0 Å². The lowest BCUT2D eigenvalue weighted by Crippen LogP contribution is -2.46. The van der Waals surface area contributed by atoms with Gasteiger partial charge < -0.3 is 4.90 Å². The summed E-state index contributed by atoms with van der Waals surface area (Å²) in [5.41, 5.74) is 0.636. The number of carbonyl (C=O) groups is 1. The van der Waals surface area contributed by atoms with Gasteiger partial charge in [0.25, 0.3) is 16.1 Å². The van der Waals surface area contributed by atoms with Crippen molar-refractivity contribution in [2.24, 2.45) is 11.8 Å². The first-order chi connectivity index (χ1) is 11.7. The van der Waals surface area contributed by atoms with Gasteiger partial charge in [-0.05, 0) is 42.4 Å². The van der Waals surface area contributed by atoms with Crippen LogP contribution in [0.2, 0.25) is 0 Å². The first-order valence-corrected chi connectivity index (χ1v) is 10.9. The number of nitrogens with one attached hydrogen (secondary N) is 1. The lowest BCUT2D eigenvalue weighted by molar-refractivity contribution is 0.0783. The summed E-state index contributed by atoms with van der Waals surface area (Å²) in [6, 6.07) is 7.24. The van der Waals surface area contributed by atoms with Crippen LogP contribution in [0.5, 0.6) is 0 Å². The van der Waals surface area contributed by atoms with Gasteiger partial charge in [-0.2, -0.15) is 17.4 Å². The molecule has 8 heteroatoms. The number of hydrogen-bond acceptors (Lipinski definition) is 4. The zero-order chi connectivity index (χ0) is 18.8. The summed E-state index contributed by atoms with van der Waals surface area (Å²) in [4.78, 5) is 15.6. The van der Waals surface area contributed by atoms with E-state index >= 15 is 0 Å². The Balaban J connectivity index is 2.16. The van der Waals surface area contributed by atoms with Crippen molar-refractivity contribution in [3.05, 3.63) is 29.8 Å². The lowest BCUT2D eigenvalue weighted by Gasteiger charge is -2.24. The first kappa shape index (κ1) is 20.2. The van der Waals surface area contributed by atoms with Crippen LogP contribution in [-0.2, 0) is 10.2 Å².